The normalized spacial score (nSPS) is 10.0. The van der Waals surface area contributed by atoms with Crippen LogP contribution in [0.25, 0.3) is 0 Å². The van der Waals surface area contributed by atoms with Crippen molar-refractivity contribution in [3.8, 4) is 11.5 Å². The van der Waals surface area contributed by atoms with Crippen LogP contribution in [0.4, 0.5) is 11.4 Å². The van der Waals surface area contributed by atoms with Gasteiger partial charge in [-0.15, -0.1) is 0 Å². The SMILES string of the molecule is COc1cc(NC(=O)c2cc(N)cc(Cl)c2)cc(OC)c1. The van der Waals surface area contributed by atoms with Crippen molar-refractivity contribution in [2.24, 2.45) is 0 Å². The molecule has 0 atom stereocenters. The number of carbonyl (C=O) groups is 1. The van der Waals surface area contributed by atoms with Crippen LogP contribution in [0.1, 0.15) is 10.4 Å². The first-order valence-electron chi connectivity index (χ1n) is 6.12. The highest BCUT2D eigenvalue weighted by atomic mass is 35.5. The number of methoxy groups -OCH3 is 2. The second-order valence-electron chi connectivity index (χ2n) is 4.33. The van der Waals surface area contributed by atoms with Crippen molar-refractivity contribution in [3.05, 3.63) is 47.0 Å². The van der Waals surface area contributed by atoms with Crippen LogP contribution in [0, 0.1) is 0 Å². The van der Waals surface area contributed by atoms with Crippen LogP contribution in [-0.4, -0.2) is 20.1 Å². The average molecular weight is 307 g/mol. The van der Waals surface area contributed by atoms with Gasteiger partial charge in [0.25, 0.3) is 5.91 Å². The molecule has 0 aliphatic rings. The van der Waals surface area contributed by atoms with Gasteiger partial charge in [0.2, 0.25) is 0 Å². The smallest absolute Gasteiger partial charge is 0.255 e. The van der Waals surface area contributed by atoms with Gasteiger partial charge in [-0.1, -0.05) is 11.6 Å². The Kier molecular flexibility index (Phi) is 4.55. The topological polar surface area (TPSA) is 73.6 Å². The molecule has 2 rings (SSSR count). The third-order valence-corrected chi connectivity index (χ3v) is 3.01. The first-order valence-corrected chi connectivity index (χ1v) is 6.50. The van der Waals surface area contributed by atoms with E-state index in [0.29, 0.717) is 33.5 Å². The van der Waals surface area contributed by atoms with E-state index >= 15 is 0 Å². The highest BCUT2D eigenvalue weighted by Gasteiger charge is 2.10. The van der Waals surface area contributed by atoms with Crippen molar-refractivity contribution in [2.45, 2.75) is 0 Å². The molecule has 2 aromatic rings. The fraction of sp³-hybridized carbons (Fsp3) is 0.133. The van der Waals surface area contributed by atoms with Gasteiger partial charge in [0.05, 0.1) is 14.2 Å². The van der Waals surface area contributed by atoms with Crippen LogP contribution in [-0.2, 0) is 0 Å². The molecule has 0 saturated carbocycles. The number of hydrogen-bond acceptors (Lipinski definition) is 4. The maximum absolute atomic E-state index is 12.2. The molecular formula is C15H15ClN2O3. The van der Waals surface area contributed by atoms with E-state index < -0.39 is 0 Å². The zero-order chi connectivity index (χ0) is 15.4. The number of ether oxygens (including phenoxy) is 2. The first-order chi connectivity index (χ1) is 10.0. The van der Waals surface area contributed by atoms with Crippen LogP contribution >= 0.6 is 11.6 Å². The molecule has 0 radical (unpaired) electrons. The molecule has 0 fully saturated rings. The van der Waals surface area contributed by atoms with Crippen LogP contribution in [0.2, 0.25) is 5.02 Å². The van der Waals surface area contributed by atoms with E-state index in [1.165, 1.54) is 14.2 Å². The Balaban J connectivity index is 2.26. The average Bonchev–Trinajstić information content (AvgIpc) is 2.45. The summed E-state index contributed by atoms with van der Waals surface area (Å²) in [6.07, 6.45) is 0. The summed E-state index contributed by atoms with van der Waals surface area (Å²) >= 11 is 5.89. The predicted octanol–water partition coefficient (Wildman–Crippen LogP) is 3.19. The van der Waals surface area contributed by atoms with Gasteiger partial charge in [-0.25, -0.2) is 0 Å². The molecular weight excluding hydrogens is 292 g/mol. The van der Waals surface area contributed by atoms with Gasteiger partial charge >= 0.3 is 0 Å². The van der Waals surface area contributed by atoms with Crippen molar-refractivity contribution in [2.75, 3.05) is 25.3 Å². The fourth-order valence-corrected chi connectivity index (χ4v) is 2.07. The van der Waals surface area contributed by atoms with Gasteiger partial charge in [0.1, 0.15) is 11.5 Å². The van der Waals surface area contributed by atoms with E-state index in [1.807, 2.05) is 0 Å². The first kappa shape index (κ1) is 15.0. The Morgan fingerprint density at radius 3 is 2.19 bits per heavy atom. The molecule has 2 aromatic carbocycles. The fourth-order valence-electron chi connectivity index (χ4n) is 1.83. The molecule has 5 nitrogen and oxygen atoms in total. The minimum atomic E-state index is -0.320. The second-order valence-corrected chi connectivity index (χ2v) is 4.77. The van der Waals surface area contributed by atoms with Crippen molar-refractivity contribution >= 4 is 28.9 Å². The molecule has 0 aromatic heterocycles. The Hall–Kier alpha value is -2.40. The Morgan fingerprint density at radius 1 is 1.05 bits per heavy atom. The molecule has 0 spiro atoms. The number of carbonyl (C=O) groups excluding carboxylic acids is 1. The summed E-state index contributed by atoms with van der Waals surface area (Å²) in [6, 6.07) is 9.77. The van der Waals surface area contributed by atoms with E-state index in [9.17, 15) is 4.79 Å². The Bertz CT molecular complexity index is 631. The Labute approximate surface area is 127 Å². The summed E-state index contributed by atoms with van der Waals surface area (Å²) in [5, 5.41) is 3.15. The number of nitrogens with one attached hydrogen (secondary N) is 1. The lowest BCUT2D eigenvalue weighted by atomic mass is 10.2. The van der Waals surface area contributed by atoms with Gasteiger partial charge in [0.15, 0.2) is 0 Å². The molecule has 0 aliphatic heterocycles. The monoisotopic (exact) mass is 306 g/mol. The third-order valence-electron chi connectivity index (χ3n) is 2.79. The number of nitrogen functional groups attached to an aromatic ring is 1. The third kappa shape index (κ3) is 3.79. The van der Waals surface area contributed by atoms with E-state index in [-0.39, 0.29) is 5.91 Å². The highest BCUT2D eigenvalue weighted by molar-refractivity contribution is 6.31. The lowest BCUT2D eigenvalue weighted by molar-refractivity contribution is 0.102. The van der Waals surface area contributed by atoms with Crippen LogP contribution < -0.4 is 20.5 Å². The lowest BCUT2D eigenvalue weighted by Crippen LogP contribution is -2.12. The number of anilines is 2. The number of amides is 1. The highest BCUT2D eigenvalue weighted by Crippen LogP contribution is 2.26. The summed E-state index contributed by atoms with van der Waals surface area (Å²) in [6.45, 7) is 0. The lowest BCUT2D eigenvalue weighted by Gasteiger charge is -2.10. The molecule has 21 heavy (non-hydrogen) atoms. The Morgan fingerprint density at radius 2 is 1.67 bits per heavy atom. The summed E-state index contributed by atoms with van der Waals surface area (Å²) in [7, 11) is 3.08. The minimum absolute atomic E-state index is 0.320. The maximum atomic E-state index is 12.2. The van der Waals surface area contributed by atoms with Crippen LogP contribution in [0.15, 0.2) is 36.4 Å². The zero-order valence-corrected chi connectivity index (χ0v) is 12.4. The molecule has 1 amide bonds. The van der Waals surface area contributed by atoms with Crippen LogP contribution in [0.3, 0.4) is 0 Å². The number of hydrogen-bond donors (Lipinski definition) is 2. The summed E-state index contributed by atoms with van der Waals surface area (Å²) in [5.41, 5.74) is 7.03. The van der Waals surface area contributed by atoms with Crippen LogP contribution in [0.5, 0.6) is 11.5 Å². The predicted molar refractivity (Wildman–Crippen MR) is 83.4 cm³/mol. The molecule has 0 bridgehead atoms. The number of nitrogens with two attached hydrogens (primary N) is 1. The minimum Gasteiger partial charge on any atom is -0.497 e. The van der Waals surface area contributed by atoms with Crippen molar-refractivity contribution < 1.29 is 14.3 Å². The van der Waals surface area contributed by atoms with Crippen molar-refractivity contribution in [1.82, 2.24) is 0 Å². The molecule has 0 saturated heterocycles. The second kappa shape index (κ2) is 6.37. The standard InChI is InChI=1S/C15H15ClN2O3/c1-20-13-6-12(7-14(8-13)21-2)18-15(19)9-3-10(16)5-11(17)4-9/h3-8H,17H2,1-2H3,(H,18,19). The molecule has 6 heteroatoms. The molecule has 0 unspecified atom stereocenters. The van der Waals surface area contributed by atoms with Gasteiger partial charge in [-0.3, -0.25) is 4.79 Å². The largest absolute Gasteiger partial charge is 0.497 e. The molecule has 3 N–H and O–H groups in total. The quantitative estimate of drug-likeness (QED) is 0.851. The summed E-state index contributed by atoms with van der Waals surface area (Å²) in [5.74, 6) is 0.838. The van der Waals surface area contributed by atoms with Gasteiger partial charge in [-0.05, 0) is 18.2 Å². The van der Waals surface area contributed by atoms with Gasteiger partial charge in [-0.2, -0.15) is 0 Å². The van der Waals surface area contributed by atoms with E-state index in [1.54, 1.807) is 36.4 Å². The van der Waals surface area contributed by atoms with Gasteiger partial charge in [0, 0.05) is 40.2 Å². The summed E-state index contributed by atoms with van der Waals surface area (Å²) in [4.78, 5) is 12.2. The molecule has 110 valence electrons. The van der Waals surface area contributed by atoms with E-state index in [2.05, 4.69) is 5.32 Å². The number of benzene rings is 2. The van der Waals surface area contributed by atoms with Crippen molar-refractivity contribution in [3.63, 3.8) is 0 Å². The zero-order valence-electron chi connectivity index (χ0n) is 11.6. The number of halogens is 1. The maximum Gasteiger partial charge on any atom is 0.255 e. The van der Waals surface area contributed by atoms with Gasteiger partial charge < -0.3 is 20.5 Å². The molecule has 0 aliphatic carbocycles. The molecule has 0 heterocycles. The van der Waals surface area contributed by atoms with Crippen molar-refractivity contribution in [1.29, 1.82) is 0 Å². The van der Waals surface area contributed by atoms with E-state index in [0.717, 1.165) is 0 Å². The number of rotatable bonds is 4. The van der Waals surface area contributed by atoms with E-state index in [4.69, 9.17) is 26.8 Å². The summed E-state index contributed by atoms with van der Waals surface area (Å²) < 4.78 is 10.3.